The molecule has 1 aliphatic heterocycles. The minimum atomic E-state index is -2.17. The maximum atomic E-state index is 12.9. The van der Waals surface area contributed by atoms with Crippen LogP contribution >= 0.6 is 0 Å². The van der Waals surface area contributed by atoms with Gasteiger partial charge >= 0.3 is 6.09 Å². The molecule has 0 aromatic heterocycles. The molecule has 2 atom stereocenters. The number of carbonyl (C=O) groups excluding carboxylic acids is 2. The quantitative estimate of drug-likeness (QED) is 0.422. The molecule has 1 aliphatic rings. The summed E-state index contributed by atoms with van der Waals surface area (Å²) in [5.74, 6) is -0.199. The van der Waals surface area contributed by atoms with Gasteiger partial charge < -0.3 is 13.6 Å². The first kappa shape index (κ1) is 28.3. The van der Waals surface area contributed by atoms with E-state index in [1.807, 2.05) is 20.8 Å². The highest BCUT2D eigenvalue weighted by molar-refractivity contribution is 6.74. The van der Waals surface area contributed by atoms with E-state index >= 15 is 0 Å². The molecule has 1 fully saturated rings. The monoisotopic (exact) mass is 473 g/mol. The van der Waals surface area contributed by atoms with Gasteiger partial charge in [-0.05, 0) is 63.5 Å². The lowest BCUT2D eigenvalue weighted by Crippen LogP contribution is -2.55. The van der Waals surface area contributed by atoms with Crippen molar-refractivity contribution in [1.29, 1.82) is 0 Å². The molecule has 1 heterocycles. The van der Waals surface area contributed by atoms with Gasteiger partial charge in [0.1, 0.15) is 5.60 Å². The van der Waals surface area contributed by atoms with E-state index in [0.29, 0.717) is 19.4 Å². The van der Waals surface area contributed by atoms with Crippen molar-refractivity contribution in [2.45, 2.75) is 129 Å². The normalized spacial score (nSPS) is 20.2. The van der Waals surface area contributed by atoms with Crippen molar-refractivity contribution in [3.05, 3.63) is 0 Å². The Morgan fingerprint density at radius 2 is 1.45 bits per heavy atom. The first-order valence-electron chi connectivity index (χ1n) is 11.5. The number of hydrogen-bond acceptors (Lipinski definition) is 5. The minimum Gasteiger partial charge on any atom is -0.443 e. The zero-order chi connectivity index (χ0) is 24.6. The number of amides is 2. The van der Waals surface area contributed by atoms with Gasteiger partial charge in [-0.15, -0.1) is 0 Å². The molecule has 0 radical (unpaired) electrons. The molecular weight excluding hydrogens is 426 g/mol. The highest BCUT2D eigenvalue weighted by Gasteiger charge is 2.48. The molecule has 0 N–H and O–H groups in total. The maximum absolute atomic E-state index is 12.9. The Bertz CT molecular complexity index is 656. The fourth-order valence-corrected chi connectivity index (χ4v) is 5.24. The summed E-state index contributed by atoms with van der Waals surface area (Å²) in [4.78, 5) is 26.9. The zero-order valence-electron chi connectivity index (χ0n) is 22.3. The third-order valence-corrected chi connectivity index (χ3v) is 15.9. The third-order valence-electron chi connectivity index (χ3n) is 6.94. The summed E-state index contributed by atoms with van der Waals surface area (Å²) < 4.78 is 18.9. The number of likely N-dealkylation sites (tertiary alicyclic amines) is 1. The van der Waals surface area contributed by atoms with Crippen molar-refractivity contribution in [1.82, 2.24) is 4.90 Å². The molecule has 1 rings (SSSR count). The Morgan fingerprint density at radius 1 is 0.968 bits per heavy atom. The van der Waals surface area contributed by atoms with E-state index in [0.717, 1.165) is 0 Å². The fourth-order valence-electron chi connectivity index (χ4n) is 2.89. The van der Waals surface area contributed by atoms with Gasteiger partial charge in [0.15, 0.2) is 16.6 Å². The van der Waals surface area contributed by atoms with E-state index in [2.05, 4.69) is 67.7 Å². The summed E-state index contributed by atoms with van der Waals surface area (Å²) in [6.45, 7) is 27.8. The second kappa shape index (κ2) is 9.27. The van der Waals surface area contributed by atoms with Crippen LogP contribution in [0.5, 0.6) is 0 Å². The average molecular weight is 474 g/mol. The number of rotatable bonds is 6. The number of nitrogens with zero attached hydrogens (tertiary/aromatic N) is 1. The van der Waals surface area contributed by atoms with Crippen molar-refractivity contribution in [2.75, 3.05) is 6.61 Å². The smallest absolute Gasteiger partial charge is 0.417 e. The van der Waals surface area contributed by atoms with Crippen molar-refractivity contribution >= 4 is 28.6 Å². The lowest BCUT2D eigenvalue weighted by atomic mass is 10.1. The molecule has 2 amide bonds. The van der Waals surface area contributed by atoms with Crippen LogP contribution in [0.3, 0.4) is 0 Å². The molecule has 182 valence electrons. The predicted molar refractivity (Wildman–Crippen MR) is 131 cm³/mol. The Labute approximate surface area is 192 Å². The van der Waals surface area contributed by atoms with Gasteiger partial charge in [0.25, 0.3) is 0 Å². The van der Waals surface area contributed by atoms with Crippen LogP contribution in [0.4, 0.5) is 4.79 Å². The first-order valence-corrected chi connectivity index (χ1v) is 17.3. The van der Waals surface area contributed by atoms with Crippen LogP contribution in [0.2, 0.25) is 36.3 Å². The van der Waals surface area contributed by atoms with E-state index in [4.69, 9.17) is 13.6 Å². The van der Waals surface area contributed by atoms with Crippen LogP contribution in [-0.4, -0.2) is 57.9 Å². The van der Waals surface area contributed by atoms with Gasteiger partial charge in [-0.2, -0.15) is 0 Å². The molecule has 0 aliphatic carbocycles. The fraction of sp³-hybridized carbons (Fsp3) is 0.913. The number of ether oxygens (including phenoxy) is 1. The minimum absolute atomic E-state index is 0.00157. The highest BCUT2D eigenvalue weighted by atomic mass is 28.4. The van der Waals surface area contributed by atoms with Gasteiger partial charge in [-0.3, -0.25) is 4.79 Å². The van der Waals surface area contributed by atoms with Gasteiger partial charge in [0.2, 0.25) is 5.91 Å². The van der Waals surface area contributed by atoms with Crippen molar-refractivity contribution < 1.29 is 23.2 Å². The average Bonchev–Trinajstić information content (AvgIpc) is 2.89. The molecular formula is C23H47NO5Si2. The van der Waals surface area contributed by atoms with Crippen LogP contribution in [0.15, 0.2) is 0 Å². The molecule has 0 saturated carbocycles. The SMILES string of the molecule is CC(C)(C)OC(=O)N1C(=O)CC[C@@H]1[C@@H](CO[Si](C)(C)C(C)(C)C)O[Si](C)(C)C(C)(C)C. The van der Waals surface area contributed by atoms with Crippen molar-refractivity contribution in [3.8, 4) is 0 Å². The van der Waals surface area contributed by atoms with Crippen molar-refractivity contribution in [3.63, 3.8) is 0 Å². The standard InChI is InChI=1S/C23H47NO5Si2/c1-21(2,3)28-20(26)24-17(14-15-19(24)25)18(29-31(12,13)23(7,8)9)16-27-30(10,11)22(4,5)6/h17-18H,14-16H2,1-13H3/t17-,18-/m1/s1. The number of imide groups is 1. The summed E-state index contributed by atoms with van der Waals surface area (Å²) in [7, 11) is -4.19. The van der Waals surface area contributed by atoms with E-state index in [-0.39, 0.29) is 28.1 Å². The maximum Gasteiger partial charge on any atom is 0.417 e. The Balaban J connectivity index is 3.25. The summed E-state index contributed by atoms with van der Waals surface area (Å²) in [6, 6.07) is -0.374. The second-order valence-corrected chi connectivity index (χ2v) is 22.4. The van der Waals surface area contributed by atoms with Gasteiger partial charge in [0, 0.05) is 6.42 Å². The molecule has 0 spiro atoms. The number of carbonyl (C=O) groups is 2. The molecule has 0 bridgehead atoms. The largest absolute Gasteiger partial charge is 0.443 e. The first-order chi connectivity index (χ1) is 13.6. The molecule has 1 saturated heterocycles. The lowest BCUT2D eigenvalue weighted by Gasteiger charge is -2.44. The highest BCUT2D eigenvalue weighted by Crippen LogP contribution is 2.40. The molecule has 0 aromatic carbocycles. The topological polar surface area (TPSA) is 65.1 Å². The van der Waals surface area contributed by atoms with Gasteiger partial charge in [0.05, 0.1) is 18.8 Å². The Kier molecular flexibility index (Phi) is 8.47. The van der Waals surface area contributed by atoms with Gasteiger partial charge in [-0.1, -0.05) is 41.5 Å². The molecule has 31 heavy (non-hydrogen) atoms. The third kappa shape index (κ3) is 7.40. The molecule has 8 heteroatoms. The number of hydrogen-bond donors (Lipinski definition) is 0. The summed E-state index contributed by atoms with van der Waals surface area (Å²) in [5.41, 5.74) is -0.669. The lowest BCUT2D eigenvalue weighted by molar-refractivity contribution is -0.129. The second-order valence-electron chi connectivity index (χ2n) is 12.8. The van der Waals surface area contributed by atoms with E-state index in [1.54, 1.807) is 0 Å². The van der Waals surface area contributed by atoms with E-state index < -0.39 is 28.3 Å². The van der Waals surface area contributed by atoms with Crippen LogP contribution in [0.25, 0.3) is 0 Å². The van der Waals surface area contributed by atoms with E-state index in [1.165, 1.54) is 4.90 Å². The zero-order valence-corrected chi connectivity index (χ0v) is 24.3. The van der Waals surface area contributed by atoms with E-state index in [9.17, 15) is 9.59 Å². The summed E-state index contributed by atoms with van der Waals surface area (Å²) in [6.07, 6.45) is -0.0651. The Hall–Kier alpha value is -0.706. The van der Waals surface area contributed by atoms with Crippen LogP contribution in [0.1, 0.15) is 75.2 Å². The summed E-state index contributed by atoms with van der Waals surface area (Å²) >= 11 is 0. The van der Waals surface area contributed by atoms with Crippen LogP contribution < -0.4 is 0 Å². The molecule has 0 aromatic rings. The molecule has 0 unspecified atom stereocenters. The molecule has 6 nitrogen and oxygen atoms in total. The summed E-state index contributed by atoms with van der Waals surface area (Å²) in [5, 5.41) is 0.0620. The van der Waals surface area contributed by atoms with Crippen molar-refractivity contribution in [2.24, 2.45) is 0 Å². The van der Waals surface area contributed by atoms with Crippen LogP contribution in [-0.2, 0) is 18.4 Å². The predicted octanol–water partition coefficient (Wildman–Crippen LogP) is 6.32. The Morgan fingerprint density at radius 3 is 1.87 bits per heavy atom. The van der Waals surface area contributed by atoms with Crippen LogP contribution in [0, 0.1) is 0 Å². The van der Waals surface area contributed by atoms with Gasteiger partial charge in [-0.25, -0.2) is 9.69 Å².